The number of tetrazole rings is 1. The van der Waals surface area contributed by atoms with E-state index in [0.29, 0.717) is 30.3 Å². The Morgan fingerprint density at radius 1 is 1.45 bits per heavy atom. The Morgan fingerprint density at radius 2 is 2.18 bits per heavy atom. The second kappa shape index (κ2) is 5.70. The fraction of sp³-hybridized carbons (Fsp3) is 0.733. The molecule has 1 N–H and O–H groups in total. The van der Waals surface area contributed by atoms with Crippen molar-refractivity contribution in [2.45, 2.75) is 39.2 Å². The van der Waals surface area contributed by atoms with Gasteiger partial charge in [-0.25, -0.2) is 9.48 Å². The molecule has 1 unspecified atom stereocenters. The lowest BCUT2D eigenvalue weighted by molar-refractivity contribution is -0.0575. The Bertz CT molecular complexity index is 570. The predicted octanol–water partition coefficient (Wildman–Crippen LogP) is 1.14. The summed E-state index contributed by atoms with van der Waals surface area (Å²) >= 11 is 0. The van der Waals surface area contributed by atoms with Crippen LogP contribution in [0.2, 0.25) is 0 Å². The molecular formula is C15H24N6O. The summed E-state index contributed by atoms with van der Waals surface area (Å²) in [6, 6.07) is 0.366. The van der Waals surface area contributed by atoms with Crippen molar-refractivity contribution in [3.05, 3.63) is 18.0 Å². The van der Waals surface area contributed by atoms with Crippen LogP contribution in [0.4, 0.5) is 4.79 Å². The van der Waals surface area contributed by atoms with E-state index in [2.05, 4.69) is 46.8 Å². The van der Waals surface area contributed by atoms with Crippen molar-refractivity contribution >= 4 is 6.03 Å². The van der Waals surface area contributed by atoms with Gasteiger partial charge in [0, 0.05) is 38.0 Å². The van der Waals surface area contributed by atoms with Gasteiger partial charge in [-0.05, 0) is 29.2 Å². The summed E-state index contributed by atoms with van der Waals surface area (Å²) in [6.07, 6.45) is 7.36. The van der Waals surface area contributed by atoms with E-state index in [-0.39, 0.29) is 6.03 Å². The fourth-order valence-electron chi connectivity index (χ4n) is 3.95. The first-order chi connectivity index (χ1) is 10.5. The Labute approximate surface area is 130 Å². The number of hydrogen-bond donors (Lipinski definition) is 1. The summed E-state index contributed by atoms with van der Waals surface area (Å²) in [5, 5.41) is 14.3. The minimum atomic E-state index is 0.0337. The van der Waals surface area contributed by atoms with Crippen LogP contribution in [-0.4, -0.2) is 50.3 Å². The van der Waals surface area contributed by atoms with Gasteiger partial charge in [0.15, 0.2) is 5.82 Å². The second-order valence-electron chi connectivity index (χ2n) is 6.76. The topological polar surface area (TPSA) is 75.9 Å². The van der Waals surface area contributed by atoms with Gasteiger partial charge < -0.3 is 10.2 Å². The molecule has 1 aliphatic heterocycles. The van der Waals surface area contributed by atoms with Gasteiger partial charge in [0.05, 0.1) is 0 Å². The highest BCUT2D eigenvalue weighted by atomic mass is 16.2. The number of aromatic nitrogens is 4. The zero-order valence-corrected chi connectivity index (χ0v) is 13.5. The lowest BCUT2D eigenvalue weighted by Gasteiger charge is -2.58. The summed E-state index contributed by atoms with van der Waals surface area (Å²) in [7, 11) is 1.80. The number of nitrogens with one attached hydrogen (secondary N) is 1. The van der Waals surface area contributed by atoms with E-state index < -0.39 is 0 Å². The number of rotatable bonds is 4. The van der Waals surface area contributed by atoms with Crippen LogP contribution in [0.1, 0.15) is 32.5 Å². The number of likely N-dealkylation sites (tertiary alicyclic amines) is 1. The van der Waals surface area contributed by atoms with Crippen LogP contribution in [0.15, 0.2) is 12.2 Å². The van der Waals surface area contributed by atoms with Gasteiger partial charge in [-0.15, -0.1) is 5.10 Å². The number of allylic oxidation sites excluding steroid dienone is 2. The average Bonchev–Trinajstić information content (AvgIpc) is 3.06. The maximum Gasteiger partial charge on any atom is 0.317 e. The number of urea groups is 1. The van der Waals surface area contributed by atoms with Crippen molar-refractivity contribution in [1.82, 2.24) is 30.4 Å². The van der Waals surface area contributed by atoms with Crippen LogP contribution in [-0.2, 0) is 13.5 Å². The molecule has 0 radical (unpaired) electrons. The Morgan fingerprint density at radius 3 is 2.77 bits per heavy atom. The smallest absolute Gasteiger partial charge is 0.317 e. The summed E-state index contributed by atoms with van der Waals surface area (Å²) in [6.45, 7) is 5.82. The van der Waals surface area contributed by atoms with Gasteiger partial charge in [-0.1, -0.05) is 26.0 Å². The van der Waals surface area contributed by atoms with Crippen LogP contribution < -0.4 is 5.32 Å². The van der Waals surface area contributed by atoms with Crippen molar-refractivity contribution in [2.24, 2.45) is 18.4 Å². The van der Waals surface area contributed by atoms with Gasteiger partial charge in [0.2, 0.25) is 0 Å². The summed E-state index contributed by atoms with van der Waals surface area (Å²) in [4.78, 5) is 14.4. The van der Waals surface area contributed by atoms with E-state index in [1.54, 1.807) is 11.7 Å². The van der Waals surface area contributed by atoms with Crippen molar-refractivity contribution in [1.29, 1.82) is 0 Å². The molecule has 1 spiro atoms. The highest BCUT2D eigenvalue weighted by molar-refractivity contribution is 5.76. The minimum absolute atomic E-state index is 0.0337. The molecular weight excluding hydrogens is 280 g/mol. The van der Waals surface area contributed by atoms with Gasteiger partial charge in [-0.3, -0.25) is 0 Å². The molecule has 0 aromatic carbocycles. The summed E-state index contributed by atoms with van der Waals surface area (Å²) in [5.41, 5.74) is 0.291. The Hall–Kier alpha value is -1.92. The highest BCUT2D eigenvalue weighted by Crippen LogP contribution is 2.50. The molecule has 0 bridgehead atoms. The molecule has 1 saturated heterocycles. The van der Waals surface area contributed by atoms with Crippen LogP contribution in [0, 0.1) is 11.3 Å². The molecule has 1 aromatic heterocycles. The molecule has 2 heterocycles. The van der Waals surface area contributed by atoms with Crippen LogP contribution >= 0.6 is 0 Å². The molecule has 22 heavy (non-hydrogen) atoms. The third-order valence-electron chi connectivity index (χ3n) is 4.89. The van der Waals surface area contributed by atoms with Gasteiger partial charge in [0.25, 0.3) is 0 Å². The van der Waals surface area contributed by atoms with E-state index in [0.717, 1.165) is 25.2 Å². The van der Waals surface area contributed by atoms with Gasteiger partial charge in [-0.2, -0.15) is 0 Å². The molecule has 1 aromatic rings. The standard InChI is InChI=1S/C15H24N6O/c1-11(2)13-15(7-4-5-8-15)10-21(13)14(22)16-9-6-12-17-18-19-20(12)3/h4-5,11,13H,6-10H2,1-3H3,(H,16,22). The normalized spacial score (nSPS) is 22.4. The number of nitrogens with zero attached hydrogens (tertiary/aromatic N) is 5. The largest absolute Gasteiger partial charge is 0.338 e. The molecule has 1 aliphatic carbocycles. The van der Waals surface area contributed by atoms with E-state index in [4.69, 9.17) is 0 Å². The number of carbonyl (C=O) groups excluding carboxylic acids is 1. The van der Waals surface area contributed by atoms with Crippen molar-refractivity contribution in [3.63, 3.8) is 0 Å². The first kappa shape index (κ1) is 15.0. The minimum Gasteiger partial charge on any atom is -0.338 e. The molecule has 1 atom stereocenters. The first-order valence-electron chi connectivity index (χ1n) is 7.94. The molecule has 120 valence electrons. The zero-order valence-electron chi connectivity index (χ0n) is 13.5. The molecule has 2 amide bonds. The SMILES string of the molecule is CC(C)C1N(C(=O)NCCc2nnnn2C)CC12CC=CC2. The van der Waals surface area contributed by atoms with E-state index in [1.165, 1.54) is 0 Å². The Kier molecular flexibility index (Phi) is 3.88. The molecule has 2 aliphatic rings. The number of carbonyl (C=O) groups is 1. The lowest BCUT2D eigenvalue weighted by Crippen LogP contribution is -2.69. The van der Waals surface area contributed by atoms with E-state index in [9.17, 15) is 4.79 Å². The van der Waals surface area contributed by atoms with Crippen molar-refractivity contribution in [2.75, 3.05) is 13.1 Å². The molecule has 7 heteroatoms. The zero-order chi connectivity index (χ0) is 15.7. The van der Waals surface area contributed by atoms with E-state index in [1.807, 2.05) is 4.90 Å². The van der Waals surface area contributed by atoms with Crippen molar-refractivity contribution < 1.29 is 4.79 Å². The number of hydrogen-bond acceptors (Lipinski definition) is 4. The molecule has 0 saturated carbocycles. The maximum absolute atomic E-state index is 12.4. The predicted molar refractivity (Wildman–Crippen MR) is 82.0 cm³/mol. The molecule has 7 nitrogen and oxygen atoms in total. The monoisotopic (exact) mass is 304 g/mol. The van der Waals surface area contributed by atoms with Gasteiger partial charge in [0.1, 0.15) is 0 Å². The molecule has 3 rings (SSSR count). The highest BCUT2D eigenvalue weighted by Gasteiger charge is 2.55. The quantitative estimate of drug-likeness (QED) is 0.846. The van der Waals surface area contributed by atoms with E-state index >= 15 is 0 Å². The Balaban J connectivity index is 1.53. The fourth-order valence-corrected chi connectivity index (χ4v) is 3.95. The van der Waals surface area contributed by atoms with Crippen molar-refractivity contribution in [3.8, 4) is 0 Å². The number of aryl methyl sites for hydroxylation is 1. The summed E-state index contributed by atoms with van der Waals surface area (Å²) in [5.74, 6) is 1.25. The van der Waals surface area contributed by atoms with Crippen LogP contribution in [0.25, 0.3) is 0 Å². The number of amides is 2. The first-order valence-corrected chi connectivity index (χ1v) is 7.94. The third-order valence-corrected chi connectivity index (χ3v) is 4.89. The maximum atomic E-state index is 12.4. The van der Waals surface area contributed by atoms with Gasteiger partial charge >= 0.3 is 6.03 Å². The second-order valence-corrected chi connectivity index (χ2v) is 6.76. The third kappa shape index (κ3) is 2.48. The lowest BCUT2D eigenvalue weighted by atomic mass is 9.65. The summed E-state index contributed by atoms with van der Waals surface area (Å²) < 4.78 is 1.63. The molecule has 1 fully saturated rings. The average molecular weight is 304 g/mol. The van der Waals surface area contributed by atoms with Crippen LogP contribution in [0.5, 0.6) is 0 Å². The van der Waals surface area contributed by atoms with Crippen LogP contribution in [0.3, 0.4) is 0 Å².